The van der Waals surface area contributed by atoms with E-state index in [4.69, 9.17) is 42.5 Å². The molecular weight excluding hydrogens is 520 g/mol. The van der Waals surface area contributed by atoms with Gasteiger partial charge in [-0.05, 0) is 29.7 Å². The second kappa shape index (κ2) is 9.33. The van der Waals surface area contributed by atoms with Gasteiger partial charge in [0.25, 0.3) is 5.56 Å². The van der Waals surface area contributed by atoms with Gasteiger partial charge >= 0.3 is 7.82 Å². The number of nitrogen functional groups attached to an aromatic ring is 1. The lowest BCUT2D eigenvalue weighted by atomic mass is 10.0. The van der Waals surface area contributed by atoms with Crippen LogP contribution < -0.4 is 11.3 Å². The van der Waals surface area contributed by atoms with Crippen LogP contribution in [0.3, 0.4) is 0 Å². The first-order valence-corrected chi connectivity index (χ1v) is 13.0. The number of fused-ring (bicyclic) bond motifs is 1. The van der Waals surface area contributed by atoms with Crippen molar-refractivity contribution in [1.82, 2.24) is 19.5 Å². The Balaban J connectivity index is 1.30. The van der Waals surface area contributed by atoms with E-state index in [1.165, 1.54) is 6.33 Å². The number of H-pyrrole nitrogens is 1. The number of aliphatic hydroxyl groups excluding tert-OH is 1. The molecular formula is C21H22Cl2N5O6P. The summed E-state index contributed by atoms with van der Waals surface area (Å²) in [7, 11) is -3.92. The summed E-state index contributed by atoms with van der Waals surface area (Å²) in [6.45, 7) is 4.12. The first-order chi connectivity index (χ1) is 16.6. The molecule has 1 aliphatic carbocycles. The van der Waals surface area contributed by atoms with Gasteiger partial charge in [0.2, 0.25) is 5.95 Å². The molecule has 3 heterocycles. The Hall–Kier alpha value is -2.24. The SMILES string of the molecule is C=C1[C@H](COP2(=O)OCC[C@H](c3ccc(Cl)c(Cl)c3)O2)[C@@H](O)C[C@@H]1n1cnc2c(=O)[nH]c(N)nc21. The second-order valence-electron chi connectivity index (χ2n) is 8.41. The van der Waals surface area contributed by atoms with E-state index in [0.717, 1.165) is 0 Å². The predicted molar refractivity (Wildman–Crippen MR) is 129 cm³/mol. The summed E-state index contributed by atoms with van der Waals surface area (Å²) >= 11 is 12.1. The molecule has 1 aliphatic heterocycles. The smallest absolute Gasteiger partial charge is 0.392 e. The molecule has 1 unspecified atom stereocenters. The van der Waals surface area contributed by atoms with Gasteiger partial charge in [0.1, 0.15) is 0 Å². The van der Waals surface area contributed by atoms with Crippen LogP contribution in [0.4, 0.5) is 5.95 Å². The van der Waals surface area contributed by atoms with Crippen LogP contribution >= 0.6 is 31.0 Å². The summed E-state index contributed by atoms with van der Waals surface area (Å²) < 4.78 is 31.5. The summed E-state index contributed by atoms with van der Waals surface area (Å²) in [4.78, 5) is 22.8. The van der Waals surface area contributed by atoms with E-state index in [1.54, 1.807) is 22.8 Å². The fourth-order valence-corrected chi connectivity index (χ4v) is 6.12. The van der Waals surface area contributed by atoms with E-state index < -0.39 is 37.5 Å². The zero-order chi connectivity index (χ0) is 24.9. The minimum absolute atomic E-state index is 0.0467. The Morgan fingerprint density at radius 3 is 2.94 bits per heavy atom. The third-order valence-electron chi connectivity index (χ3n) is 6.23. The number of nitrogens with one attached hydrogen (secondary N) is 1. The standard InChI is InChI=1S/C21H22Cl2N5O6P/c1-10-12(16(29)7-15(10)28-9-25-18-19(28)26-21(24)27-20(18)30)8-33-35(31)32-5-4-17(34-35)11-2-3-13(22)14(23)6-11/h2-3,6,9,12,15-17,29H,1,4-5,7-8H2,(H3,24,26,27,30)/t12-,15-,16-,17+,35?/m0/s1. The topological polar surface area (TPSA) is 155 Å². The van der Waals surface area contributed by atoms with Crippen LogP contribution in [0, 0.1) is 5.92 Å². The minimum Gasteiger partial charge on any atom is -0.392 e. The molecule has 0 amide bonds. The van der Waals surface area contributed by atoms with Crippen LogP contribution in [-0.4, -0.2) is 43.9 Å². The molecule has 2 fully saturated rings. The zero-order valence-electron chi connectivity index (χ0n) is 18.3. The number of imidazole rings is 1. The van der Waals surface area contributed by atoms with Gasteiger partial charge in [-0.3, -0.25) is 23.3 Å². The van der Waals surface area contributed by atoms with Gasteiger partial charge in [-0.15, -0.1) is 0 Å². The Morgan fingerprint density at radius 1 is 1.37 bits per heavy atom. The molecule has 35 heavy (non-hydrogen) atoms. The van der Waals surface area contributed by atoms with Crippen molar-refractivity contribution < 1.29 is 23.2 Å². The number of hydrogen-bond acceptors (Lipinski definition) is 9. The Morgan fingerprint density at radius 2 is 2.17 bits per heavy atom. The van der Waals surface area contributed by atoms with E-state index in [1.807, 2.05) is 0 Å². The van der Waals surface area contributed by atoms with Crippen LogP contribution in [-0.2, 0) is 18.1 Å². The number of rotatable bonds is 5. The van der Waals surface area contributed by atoms with Crippen LogP contribution in [0.25, 0.3) is 11.2 Å². The lowest BCUT2D eigenvalue weighted by Gasteiger charge is -2.30. The number of nitrogens with zero attached hydrogens (tertiary/aromatic N) is 3. The van der Waals surface area contributed by atoms with E-state index in [-0.39, 0.29) is 36.7 Å². The molecule has 14 heteroatoms. The maximum atomic E-state index is 13.2. The third kappa shape index (κ3) is 4.65. The molecule has 186 valence electrons. The number of aromatic amines is 1. The summed E-state index contributed by atoms with van der Waals surface area (Å²) in [5, 5.41) is 11.5. The highest BCUT2D eigenvalue weighted by atomic mass is 35.5. The minimum atomic E-state index is -3.92. The number of phosphoric acid groups is 1. The van der Waals surface area contributed by atoms with Crippen molar-refractivity contribution >= 4 is 48.1 Å². The first kappa shape index (κ1) is 24.5. The molecule has 5 atom stereocenters. The largest absolute Gasteiger partial charge is 0.475 e. The number of nitrogens with two attached hydrogens (primary N) is 1. The van der Waals surface area contributed by atoms with Crippen molar-refractivity contribution in [2.75, 3.05) is 18.9 Å². The molecule has 2 aliphatic rings. The van der Waals surface area contributed by atoms with Crippen molar-refractivity contribution in [1.29, 1.82) is 0 Å². The quantitative estimate of drug-likeness (QED) is 0.323. The van der Waals surface area contributed by atoms with E-state index >= 15 is 0 Å². The van der Waals surface area contributed by atoms with Gasteiger partial charge in [-0.25, -0.2) is 9.55 Å². The Bertz CT molecular complexity index is 1410. The van der Waals surface area contributed by atoms with Crippen molar-refractivity contribution in [3.63, 3.8) is 0 Å². The van der Waals surface area contributed by atoms with Crippen LogP contribution in [0.2, 0.25) is 10.0 Å². The fourth-order valence-electron chi connectivity index (χ4n) is 4.41. The van der Waals surface area contributed by atoms with Gasteiger partial charge in [0, 0.05) is 12.3 Å². The van der Waals surface area contributed by atoms with Gasteiger partial charge in [-0.1, -0.05) is 35.8 Å². The highest BCUT2D eigenvalue weighted by molar-refractivity contribution is 7.48. The zero-order valence-corrected chi connectivity index (χ0v) is 20.7. The second-order valence-corrected chi connectivity index (χ2v) is 10.8. The Kier molecular flexibility index (Phi) is 6.52. The maximum Gasteiger partial charge on any atom is 0.475 e. The molecule has 3 aromatic rings. The molecule has 0 spiro atoms. The molecule has 2 aromatic heterocycles. The summed E-state index contributed by atoms with van der Waals surface area (Å²) in [5.41, 5.74) is 6.93. The Labute approximate surface area is 209 Å². The van der Waals surface area contributed by atoms with Crippen molar-refractivity contribution in [3.05, 3.63) is 62.6 Å². The van der Waals surface area contributed by atoms with Gasteiger partial charge < -0.3 is 15.4 Å². The van der Waals surface area contributed by atoms with Crippen molar-refractivity contribution in [2.45, 2.75) is 31.1 Å². The summed E-state index contributed by atoms with van der Waals surface area (Å²) in [5.74, 6) is -0.616. The molecule has 11 nitrogen and oxygen atoms in total. The lowest BCUT2D eigenvalue weighted by Crippen LogP contribution is -2.22. The molecule has 1 aromatic carbocycles. The number of aliphatic hydroxyl groups is 1. The number of anilines is 1. The van der Waals surface area contributed by atoms with Crippen LogP contribution in [0.5, 0.6) is 0 Å². The number of benzene rings is 1. The van der Waals surface area contributed by atoms with Gasteiger partial charge in [-0.2, -0.15) is 4.98 Å². The maximum absolute atomic E-state index is 13.2. The average molecular weight is 542 g/mol. The van der Waals surface area contributed by atoms with E-state index in [9.17, 15) is 14.5 Å². The van der Waals surface area contributed by atoms with Gasteiger partial charge in [0.15, 0.2) is 11.2 Å². The molecule has 4 N–H and O–H groups in total. The van der Waals surface area contributed by atoms with Crippen molar-refractivity contribution in [2.24, 2.45) is 5.92 Å². The fraction of sp³-hybridized carbons (Fsp3) is 0.381. The molecule has 1 saturated carbocycles. The monoisotopic (exact) mass is 541 g/mol. The van der Waals surface area contributed by atoms with E-state index in [0.29, 0.717) is 27.6 Å². The van der Waals surface area contributed by atoms with Crippen LogP contribution in [0.15, 0.2) is 41.5 Å². The summed E-state index contributed by atoms with van der Waals surface area (Å²) in [6.07, 6.45) is 0.766. The number of halogens is 2. The van der Waals surface area contributed by atoms with Crippen molar-refractivity contribution in [3.8, 4) is 0 Å². The highest BCUT2D eigenvalue weighted by Gasteiger charge is 2.42. The molecule has 1 saturated heterocycles. The molecule has 0 bridgehead atoms. The lowest BCUT2D eigenvalue weighted by molar-refractivity contribution is 0.0166. The number of aromatic nitrogens is 4. The summed E-state index contributed by atoms with van der Waals surface area (Å²) in [6, 6.07) is 4.61. The predicted octanol–water partition coefficient (Wildman–Crippen LogP) is 3.79. The number of phosphoric ester groups is 1. The molecule has 5 rings (SSSR count). The number of hydrogen-bond donors (Lipinski definition) is 3. The first-order valence-electron chi connectivity index (χ1n) is 10.8. The van der Waals surface area contributed by atoms with Crippen LogP contribution in [0.1, 0.15) is 30.6 Å². The average Bonchev–Trinajstić information content (AvgIpc) is 3.34. The highest BCUT2D eigenvalue weighted by Crippen LogP contribution is 2.58. The third-order valence-corrected chi connectivity index (χ3v) is 8.45. The van der Waals surface area contributed by atoms with Gasteiger partial charge in [0.05, 0.1) is 47.8 Å². The normalized spacial score (nSPS) is 29.2. The molecule has 0 radical (unpaired) electrons. The van der Waals surface area contributed by atoms with E-state index in [2.05, 4.69) is 21.5 Å².